The van der Waals surface area contributed by atoms with Crippen LogP contribution in [0.2, 0.25) is 0 Å². The number of hydrogen-bond acceptors (Lipinski definition) is 8. The lowest BCUT2D eigenvalue weighted by molar-refractivity contribution is -0.384. The molecule has 0 aliphatic carbocycles. The standard InChI is InChI=1S/C31H25N3O6S/c1-20-8-12-24(13-9-20)32-31-33(17-22-6-4-3-5-7-22)26(19-41-31)29-28(16-21(2)40-30(29)36)39-18-27(35)23-10-14-25(15-11-23)34(37)38/h3-16,19H,17-18H2,1-2H3. The van der Waals surface area contributed by atoms with Gasteiger partial charge in [0.15, 0.2) is 17.2 Å². The van der Waals surface area contributed by atoms with Gasteiger partial charge in [-0.25, -0.2) is 9.79 Å². The smallest absolute Gasteiger partial charge is 0.349 e. The van der Waals surface area contributed by atoms with Crippen LogP contribution in [0.15, 0.2) is 105 Å². The molecule has 0 atom stereocenters. The van der Waals surface area contributed by atoms with E-state index in [0.29, 0.717) is 22.8 Å². The number of carbonyl (C=O) groups is 1. The molecule has 41 heavy (non-hydrogen) atoms. The van der Waals surface area contributed by atoms with E-state index >= 15 is 0 Å². The lowest BCUT2D eigenvalue weighted by Gasteiger charge is -2.13. The molecule has 5 rings (SSSR count). The zero-order valence-electron chi connectivity index (χ0n) is 22.3. The first kappa shape index (κ1) is 27.5. The van der Waals surface area contributed by atoms with Crippen molar-refractivity contribution in [3.63, 3.8) is 0 Å². The molecule has 9 nitrogen and oxygen atoms in total. The van der Waals surface area contributed by atoms with Crippen molar-refractivity contribution in [2.45, 2.75) is 20.4 Å². The molecule has 0 saturated carbocycles. The van der Waals surface area contributed by atoms with Crippen LogP contribution in [0, 0.1) is 24.0 Å². The zero-order valence-corrected chi connectivity index (χ0v) is 23.1. The molecule has 206 valence electrons. The third-order valence-electron chi connectivity index (χ3n) is 6.29. The van der Waals surface area contributed by atoms with Crippen molar-refractivity contribution in [1.29, 1.82) is 0 Å². The number of hydrogen-bond donors (Lipinski definition) is 0. The van der Waals surface area contributed by atoms with E-state index in [-0.39, 0.29) is 29.2 Å². The van der Waals surface area contributed by atoms with Gasteiger partial charge < -0.3 is 13.7 Å². The number of non-ortho nitro benzene ring substituents is 1. The van der Waals surface area contributed by atoms with E-state index in [0.717, 1.165) is 16.8 Å². The average Bonchev–Trinajstić information content (AvgIpc) is 3.34. The van der Waals surface area contributed by atoms with Gasteiger partial charge in [-0.05, 0) is 43.7 Å². The number of benzene rings is 3. The highest BCUT2D eigenvalue weighted by molar-refractivity contribution is 7.07. The van der Waals surface area contributed by atoms with Gasteiger partial charge in [0.25, 0.3) is 5.69 Å². The minimum Gasteiger partial charge on any atom is -0.484 e. The Labute approximate surface area is 238 Å². The second kappa shape index (κ2) is 12.0. The molecule has 0 aliphatic heterocycles. The molecule has 0 N–H and O–H groups in total. The summed E-state index contributed by atoms with van der Waals surface area (Å²) in [6.45, 7) is 3.68. The van der Waals surface area contributed by atoms with Crippen LogP contribution in [-0.2, 0) is 6.54 Å². The number of aryl methyl sites for hydroxylation is 2. The topological polar surface area (TPSA) is 117 Å². The molecule has 0 spiro atoms. The van der Waals surface area contributed by atoms with Crippen LogP contribution in [-0.4, -0.2) is 21.9 Å². The molecule has 2 aromatic heterocycles. The molecule has 0 unspecified atom stereocenters. The van der Waals surface area contributed by atoms with Crippen LogP contribution in [0.3, 0.4) is 0 Å². The van der Waals surface area contributed by atoms with Crippen molar-refractivity contribution < 1.29 is 18.9 Å². The molecule has 10 heteroatoms. The Morgan fingerprint density at radius 3 is 2.41 bits per heavy atom. The molecule has 0 saturated heterocycles. The molecule has 0 radical (unpaired) electrons. The molecule has 0 aliphatic rings. The van der Waals surface area contributed by atoms with Gasteiger partial charge in [-0.1, -0.05) is 48.0 Å². The van der Waals surface area contributed by atoms with Gasteiger partial charge in [-0.3, -0.25) is 14.9 Å². The Morgan fingerprint density at radius 1 is 1.02 bits per heavy atom. The van der Waals surface area contributed by atoms with Gasteiger partial charge in [0.1, 0.15) is 17.1 Å². The maximum Gasteiger partial charge on any atom is 0.349 e. The first-order valence-electron chi connectivity index (χ1n) is 12.7. The number of Topliss-reactive ketones (excluding diaryl/α,β-unsaturated/α-hetero) is 1. The van der Waals surface area contributed by atoms with Crippen LogP contribution in [0.5, 0.6) is 5.75 Å². The van der Waals surface area contributed by atoms with Gasteiger partial charge in [-0.15, -0.1) is 11.3 Å². The lowest BCUT2D eigenvalue weighted by Crippen LogP contribution is -2.20. The number of nitro groups is 1. The summed E-state index contributed by atoms with van der Waals surface area (Å²) >= 11 is 1.37. The van der Waals surface area contributed by atoms with E-state index in [2.05, 4.69) is 0 Å². The lowest BCUT2D eigenvalue weighted by atomic mass is 10.1. The highest BCUT2D eigenvalue weighted by Crippen LogP contribution is 2.29. The fourth-order valence-corrected chi connectivity index (χ4v) is 5.10. The van der Waals surface area contributed by atoms with Crippen molar-refractivity contribution in [3.05, 3.63) is 138 Å². The van der Waals surface area contributed by atoms with Gasteiger partial charge in [0.05, 0.1) is 22.8 Å². The SMILES string of the molecule is Cc1ccc(N=c2scc(-c3c(OCC(=O)c4ccc([N+](=O)[O-])cc4)cc(C)oc3=O)n2Cc2ccccc2)cc1. The van der Waals surface area contributed by atoms with Crippen molar-refractivity contribution in [2.75, 3.05) is 6.61 Å². The fraction of sp³-hybridized carbons (Fsp3) is 0.129. The Balaban J connectivity index is 1.55. The van der Waals surface area contributed by atoms with Crippen LogP contribution in [0.1, 0.15) is 27.2 Å². The van der Waals surface area contributed by atoms with Gasteiger partial charge in [0, 0.05) is 29.1 Å². The molecular formula is C31H25N3O6S. The van der Waals surface area contributed by atoms with Crippen LogP contribution < -0.4 is 15.2 Å². The summed E-state index contributed by atoms with van der Waals surface area (Å²) in [5.41, 5.74) is 3.14. The average molecular weight is 568 g/mol. The van der Waals surface area contributed by atoms with Crippen LogP contribution in [0.4, 0.5) is 11.4 Å². The number of aromatic nitrogens is 1. The molecular weight excluding hydrogens is 542 g/mol. The van der Waals surface area contributed by atoms with E-state index in [9.17, 15) is 19.7 Å². The number of thiazole rings is 1. The van der Waals surface area contributed by atoms with Crippen LogP contribution >= 0.6 is 11.3 Å². The molecule has 5 aromatic rings. The Hall–Kier alpha value is -5.09. The second-order valence-electron chi connectivity index (χ2n) is 9.32. The minimum absolute atomic E-state index is 0.117. The third kappa shape index (κ3) is 6.39. The van der Waals surface area contributed by atoms with E-state index < -0.39 is 16.3 Å². The van der Waals surface area contributed by atoms with Gasteiger partial charge in [0.2, 0.25) is 0 Å². The summed E-state index contributed by atoms with van der Waals surface area (Å²) in [6.07, 6.45) is 0. The summed E-state index contributed by atoms with van der Waals surface area (Å²) in [4.78, 5) is 42.0. The zero-order chi connectivity index (χ0) is 28.9. The predicted octanol–water partition coefficient (Wildman–Crippen LogP) is 6.24. The first-order valence-corrected chi connectivity index (χ1v) is 13.6. The summed E-state index contributed by atoms with van der Waals surface area (Å²) in [6, 6.07) is 24.5. The van der Waals surface area contributed by atoms with Gasteiger partial charge >= 0.3 is 5.63 Å². The maximum atomic E-state index is 13.3. The highest BCUT2D eigenvalue weighted by atomic mass is 32.1. The molecule has 0 fully saturated rings. The fourth-order valence-electron chi connectivity index (χ4n) is 4.19. The van der Waals surface area contributed by atoms with Gasteiger partial charge in [-0.2, -0.15) is 0 Å². The number of nitrogens with zero attached hydrogens (tertiary/aromatic N) is 3. The molecule has 2 heterocycles. The quantitative estimate of drug-likeness (QED) is 0.118. The Kier molecular flexibility index (Phi) is 8.02. The van der Waals surface area contributed by atoms with E-state index in [1.807, 2.05) is 71.5 Å². The largest absolute Gasteiger partial charge is 0.484 e. The van der Waals surface area contributed by atoms with E-state index in [1.165, 1.54) is 35.6 Å². The van der Waals surface area contributed by atoms with Crippen LogP contribution in [0.25, 0.3) is 11.3 Å². The molecule has 3 aromatic carbocycles. The number of nitro benzene ring substituents is 1. The molecule has 0 bridgehead atoms. The first-order chi connectivity index (χ1) is 19.8. The normalized spacial score (nSPS) is 11.4. The summed E-state index contributed by atoms with van der Waals surface area (Å²) in [7, 11) is 0. The summed E-state index contributed by atoms with van der Waals surface area (Å²) < 4.78 is 13.3. The van der Waals surface area contributed by atoms with Crippen molar-refractivity contribution >= 4 is 28.5 Å². The second-order valence-corrected chi connectivity index (χ2v) is 10.2. The predicted molar refractivity (Wildman–Crippen MR) is 156 cm³/mol. The van der Waals surface area contributed by atoms with E-state index in [4.69, 9.17) is 14.1 Å². The van der Waals surface area contributed by atoms with Crippen molar-refractivity contribution in [3.8, 4) is 17.0 Å². The number of ketones is 1. The van der Waals surface area contributed by atoms with Crippen molar-refractivity contribution in [1.82, 2.24) is 4.57 Å². The maximum absolute atomic E-state index is 13.3. The summed E-state index contributed by atoms with van der Waals surface area (Å²) in [5.74, 6) is 0.121. The number of carbonyl (C=O) groups excluding carboxylic acids is 1. The third-order valence-corrected chi connectivity index (χ3v) is 7.16. The molecule has 0 amide bonds. The highest BCUT2D eigenvalue weighted by Gasteiger charge is 2.21. The van der Waals surface area contributed by atoms with Crippen molar-refractivity contribution in [2.24, 2.45) is 4.99 Å². The monoisotopic (exact) mass is 567 g/mol. The summed E-state index contributed by atoms with van der Waals surface area (Å²) in [5, 5.41) is 12.8. The Morgan fingerprint density at radius 2 is 1.73 bits per heavy atom. The van der Waals surface area contributed by atoms with E-state index in [1.54, 1.807) is 13.0 Å². The number of rotatable bonds is 9. The Bertz CT molecular complexity index is 1840. The number of ether oxygens (including phenoxy) is 1. The minimum atomic E-state index is -0.607.